The molecule has 0 aromatic carbocycles. The smallest absolute Gasteiger partial charge is 0.138 e. The monoisotopic (exact) mass is 138 g/mol. The van der Waals surface area contributed by atoms with E-state index in [0.717, 1.165) is 0 Å². The topological polar surface area (TPSA) is 49.4 Å². The summed E-state index contributed by atoms with van der Waals surface area (Å²) in [6.45, 7) is 0. The summed E-state index contributed by atoms with van der Waals surface area (Å²) in [6, 6.07) is 0. The zero-order valence-electron chi connectivity index (χ0n) is 5.77. The normalized spacial score (nSPS) is 26.8. The van der Waals surface area contributed by atoms with Crippen LogP contribution in [0.15, 0.2) is 20.7 Å². The van der Waals surface area contributed by atoms with E-state index in [1.807, 2.05) is 0 Å². The van der Waals surface area contributed by atoms with Gasteiger partial charge in [0.25, 0.3) is 0 Å². The van der Waals surface area contributed by atoms with Crippen LogP contribution in [-0.2, 0) is 0 Å². The third-order valence-corrected chi connectivity index (χ3v) is 2.20. The zero-order chi connectivity index (χ0) is 6.81. The molecule has 0 amide bonds. The van der Waals surface area contributed by atoms with E-state index < -0.39 is 0 Å². The van der Waals surface area contributed by atoms with Crippen LogP contribution in [0, 0.1) is 5.92 Å². The fourth-order valence-electron chi connectivity index (χ4n) is 1.62. The molecule has 54 valence electrons. The van der Waals surface area contributed by atoms with E-state index in [1.165, 1.54) is 25.7 Å². The predicted molar refractivity (Wildman–Crippen MR) is 35.5 cm³/mol. The highest BCUT2D eigenvalue weighted by Gasteiger charge is 2.26. The first-order chi connectivity index (χ1) is 4.97. The van der Waals surface area contributed by atoms with Crippen molar-refractivity contribution in [2.75, 3.05) is 0 Å². The Morgan fingerprint density at radius 3 is 2.10 bits per heavy atom. The molecule has 1 aliphatic carbocycles. The van der Waals surface area contributed by atoms with Gasteiger partial charge in [0.1, 0.15) is 0 Å². The molecule has 0 saturated heterocycles. The molecule has 10 heavy (non-hydrogen) atoms. The molecule has 0 atom stereocenters. The van der Waals surface area contributed by atoms with Crippen molar-refractivity contribution in [3.63, 3.8) is 0 Å². The van der Waals surface area contributed by atoms with Crippen molar-refractivity contribution in [2.45, 2.75) is 31.8 Å². The molecule has 4 heteroatoms. The summed E-state index contributed by atoms with van der Waals surface area (Å²) in [5.41, 5.74) is 0. The highest BCUT2D eigenvalue weighted by molar-refractivity contribution is 4.77. The Hall–Kier alpha value is -0.800. The molecule has 0 spiro atoms. The summed E-state index contributed by atoms with van der Waals surface area (Å²) in [6.07, 6.45) is 5.23. The second-order valence-electron chi connectivity index (χ2n) is 2.87. The Morgan fingerprint density at radius 1 is 0.900 bits per heavy atom. The lowest BCUT2D eigenvalue weighted by Crippen LogP contribution is -2.09. The van der Waals surface area contributed by atoms with Crippen LogP contribution >= 0.6 is 0 Å². The minimum atomic E-state index is 0.0718. The van der Waals surface area contributed by atoms with Gasteiger partial charge in [0, 0.05) is 5.92 Å². The molecule has 0 unspecified atom stereocenters. The standard InChI is InChI=1S/C6H10N4/c1-2-4-5(3-1)6-7-9-10-8-6/h5-6H,1-4H2. The molecule has 0 radical (unpaired) electrons. The van der Waals surface area contributed by atoms with Crippen LogP contribution in [0.1, 0.15) is 25.7 Å². The average Bonchev–Trinajstić information content (AvgIpc) is 2.59. The van der Waals surface area contributed by atoms with Crippen molar-refractivity contribution in [3.8, 4) is 0 Å². The summed E-state index contributed by atoms with van der Waals surface area (Å²) in [5, 5.41) is 14.8. The van der Waals surface area contributed by atoms with E-state index in [0.29, 0.717) is 5.92 Å². The van der Waals surface area contributed by atoms with E-state index in [1.54, 1.807) is 0 Å². The summed E-state index contributed by atoms with van der Waals surface area (Å²) in [5.74, 6) is 0.634. The molecule has 2 aliphatic rings. The summed E-state index contributed by atoms with van der Waals surface area (Å²) in [4.78, 5) is 0. The summed E-state index contributed by atoms with van der Waals surface area (Å²) >= 11 is 0. The fourth-order valence-corrected chi connectivity index (χ4v) is 1.62. The lowest BCUT2D eigenvalue weighted by atomic mass is 10.1. The van der Waals surface area contributed by atoms with Gasteiger partial charge >= 0.3 is 0 Å². The van der Waals surface area contributed by atoms with Crippen molar-refractivity contribution in [1.29, 1.82) is 0 Å². The van der Waals surface area contributed by atoms with Crippen molar-refractivity contribution < 1.29 is 0 Å². The maximum absolute atomic E-state index is 3.91. The molecule has 1 fully saturated rings. The highest BCUT2D eigenvalue weighted by atomic mass is 15.6. The first-order valence-electron chi connectivity index (χ1n) is 3.77. The van der Waals surface area contributed by atoms with Gasteiger partial charge in [-0.3, -0.25) is 0 Å². The van der Waals surface area contributed by atoms with Crippen molar-refractivity contribution in [1.82, 2.24) is 0 Å². The quantitative estimate of drug-likeness (QED) is 0.534. The maximum Gasteiger partial charge on any atom is 0.188 e. The third-order valence-electron chi connectivity index (χ3n) is 2.20. The minimum absolute atomic E-state index is 0.0718. The SMILES string of the molecule is C1CCC(C2N=NN=N2)C1. The first-order valence-corrected chi connectivity index (χ1v) is 3.77. The lowest BCUT2D eigenvalue weighted by Gasteiger charge is -2.07. The molecule has 0 bridgehead atoms. The second kappa shape index (κ2) is 2.44. The van der Waals surface area contributed by atoms with Crippen LogP contribution < -0.4 is 0 Å². The Morgan fingerprint density at radius 2 is 1.50 bits per heavy atom. The average molecular weight is 138 g/mol. The maximum atomic E-state index is 3.91. The van der Waals surface area contributed by atoms with E-state index in [9.17, 15) is 0 Å². The second-order valence-corrected chi connectivity index (χ2v) is 2.87. The van der Waals surface area contributed by atoms with Gasteiger partial charge in [-0.2, -0.15) is 0 Å². The van der Waals surface area contributed by atoms with Gasteiger partial charge in [-0.05, 0) is 23.3 Å². The van der Waals surface area contributed by atoms with Gasteiger partial charge in [0.05, 0.1) is 0 Å². The molecule has 1 heterocycles. The van der Waals surface area contributed by atoms with E-state index in [4.69, 9.17) is 0 Å². The summed E-state index contributed by atoms with van der Waals surface area (Å²) in [7, 11) is 0. The molecular weight excluding hydrogens is 128 g/mol. The number of hydrogen-bond acceptors (Lipinski definition) is 4. The van der Waals surface area contributed by atoms with Crippen molar-refractivity contribution in [2.24, 2.45) is 26.6 Å². The van der Waals surface area contributed by atoms with Gasteiger partial charge < -0.3 is 0 Å². The van der Waals surface area contributed by atoms with Crippen LogP contribution in [-0.4, -0.2) is 6.17 Å². The minimum Gasteiger partial charge on any atom is -0.138 e. The number of nitrogens with zero attached hydrogens (tertiary/aromatic N) is 4. The van der Waals surface area contributed by atoms with E-state index in [2.05, 4.69) is 20.7 Å². The van der Waals surface area contributed by atoms with Crippen molar-refractivity contribution in [3.05, 3.63) is 0 Å². The van der Waals surface area contributed by atoms with E-state index >= 15 is 0 Å². The molecule has 0 aromatic rings. The van der Waals surface area contributed by atoms with E-state index in [-0.39, 0.29) is 6.17 Å². The third kappa shape index (κ3) is 0.936. The molecule has 4 nitrogen and oxygen atoms in total. The number of rotatable bonds is 1. The van der Waals surface area contributed by atoms with Crippen LogP contribution in [0.4, 0.5) is 0 Å². The Balaban J connectivity index is 1.98. The number of hydrogen-bond donors (Lipinski definition) is 0. The molecule has 1 aliphatic heterocycles. The van der Waals surface area contributed by atoms with Crippen LogP contribution in [0.2, 0.25) is 0 Å². The Bertz CT molecular complexity index is 157. The fraction of sp³-hybridized carbons (Fsp3) is 1.00. The summed E-state index contributed by atoms with van der Waals surface area (Å²) < 4.78 is 0. The van der Waals surface area contributed by atoms with Crippen LogP contribution in [0.5, 0.6) is 0 Å². The zero-order valence-corrected chi connectivity index (χ0v) is 5.77. The Kier molecular flexibility index (Phi) is 1.45. The molecular formula is C6H10N4. The Labute approximate surface area is 59.4 Å². The molecule has 2 rings (SSSR count). The first kappa shape index (κ1) is 5.95. The van der Waals surface area contributed by atoms with Crippen LogP contribution in [0.25, 0.3) is 0 Å². The van der Waals surface area contributed by atoms with Gasteiger partial charge in [-0.15, -0.1) is 10.2 Å². The van der Waals surface area contributed by atoms with Gasteiger partial charge in [-0.25, -0.2) is 0 Å². The van der Waals surface area contributed by atoms with Gasteiger partial charge in [0.15, 0.2) is 6.17 Å². The highest BCUT2D eigenvalue weighted by Crippen LogP contribution is 2.31. The van der Waals surface area contributed by atoms with Crippen molar-refractivity contribution >= 4 is 0 Å². The molecule has 1 saturated carbocycles. The lowest BCUT2D eigenvalue weighted by molar-refractivity contribution is 0.442. The molecule has 0 N–H and O–H groups in total. The van der Waals surface area contributed by atoms with Crippen LogP contribution in [0.3, 0.4) is 0 Å². The van der Waals surface area contributed by atoms with Gasteiger partial charge in [-0.1, -0.05) is 12.8 Å². The molecule has 0 aromatic heterocycles. The largest absolute Gasteiger partial charge is 0.188 e. The predicted octanol–water partition coefficient (Wildman–Crippen LogP) is 2.34. The van der Waals surface area contributed by atoms with Gasteiger partial charge in [0.2, 0.25) is 0 Å².